The van der Waals surface area contributed by atoms with E-state index >= 15 is 0 Å². The summed E-state index contributed by atoms with van der Waals surface area (Å²) in [5.41, 5.74) is 5.31. The first-order valence-electron chi connectivity index (χ1n) is 7.81. The minimum atomic E-state index is 0.864. The van der Waals surface area contributed by atoms with E-state index in [0.717, 1.165) is 19.4 Å². The van der Waals surface area contributed by atoms with Gasteiger partial charge in [0.05, 0.1) is 0 Å². The van der Waals surface area contributed by atoms with Crippen molar-refractivity contribution in [3.05, 3.63) is 102 Å². The normalized spacial score (nSPS) is 10.4. The van der Waals surface area contributed by atoms with Gasteiger partial charge in [0.1, 0.15) is 0 Å². The van der Waals surface area contributed by atoms with Gasteiger partial charge in [-0.15, -0.1) is 0 Å². The van der Waals surface area contributed by atoms with E-state index in [9.17, 15) is 0 Å². The second kappa shape index (κ2) is 7.46. The molecule has 0 amide bonds. The van der Waals surface area contributed by atoms with Crippen LogP contribution in [0.4, 0.5) is 5.69 Å². The zero-order valence-electron chi connectivity index (χ0n) is 12.7. The molecule has 110 valence electrons. The average Bonchev–Trinajstić information content (AvgIpc) is 2.61. The monoisotopic (exact) mass is 287 g/mol. The molecule has 0 atom stereocenters. The second-order valence-corrected chi connectivity index (χ2v) is 5.48. The van der Waals surface area contributed by atoms with Gasteiger partial charge in [-0.2, -0.15) is 0 Å². The average molecular weight is 287 g/mol. The highest BCUT2D eigenvalue weighted by Gasteiger charge is 2.02. The highest BCUT2D eigenvalue weighted by Crippen LogP contribution is 2.18. The number of benzene rings is 3. The van der Waals surface area contributed by atoms with Gasteiger partial charge in [0.25, 0.3) is 0 Å². The van der Waals surface area contributed by atoms with Crippen LogP contribution in [0.15, 0.2) is 84.9 Å². The maximum Gasteiger partial charge on any atom is 0.0400 e. The van der Waals surface area contributed by atoms with Crippen molar-refractivity contribution in [1.29, 1.82) is 0 Å². The van der Waals surface area contributed by atoms with Gasteiger partial charge < -0.3 is 5.32 Å². The molecule has 3 rings (SSSR count). The molecule has 0 spiro atoms. The van der Waals surface area contributed by atoms with E-state index in [1.807, 2.05) is 0 Å². The number of rotatable bonds is 6. The molecule has 0 unspecified atom stereocenters. The Morgan fingerprint density at radius 1 is 0.545 bits per heavy atom. The van der Waals surface area contributed by atoms with Crippen LogP contribution in [0.5, 0.6) is 0 Å². The largest absolute Gasteiger partial charge is 0.381 e. The molecule has 1 heteroatoms. The minimum Gasteiger partial charge on any atom is -0.381 e. The number of nitrogens with one attached hydrogen (secondary N) is 1. The van der Waals surface area contributed by atoms with Crippen molar-refractivity contribution in [3.8, 4) is 0 Å². The summed E-state index contributed by atoms with van der Waals surface area (Å²) in [7, 11) is 0. The van der Waals surface area contributed by atoms with Gasteiger partial charge in [0, 0.05) is 12.2 Å². The van der Waals surface area contributed by atoms with E-state index in [-0.39, 0.29) is 0 Å². The molecule has 0 aliphatic rings. The SMILES string of the molecule is c1ccc(CCc2ccccc2NCc2ccccc2)cc1. The van der Waals surface area contributed by atoms with E-state index in [4.69, 9.17) is 0 Å². The molecule has 0 aliphatic carbocycles. The summed E-state index contributed by atoms with van der Waals surface area (Å²) in [5, 5.41) is 3.57. The maximum absolute atomic E-state index is 3.57. The van der Waals surface area contributed by atoms with E-state index in [1.54, 1.807) is 0 Å². The first kappa shape index (κ1) is 14.4. The Balaban J connectivity index is 1.65. The van der Waals surface area contributed by atoms with Crippen molar-refractivity contribution in [3.63, 3.8) is 0 Å². The Kier molecular flexibility index (Phi) is 4.88. The molecule has 0 heterocycles. The van der Waals surface area contributed by atoms with E-state index in [2.05, 4.69) is 90.2 Å². The predicted molar refractivity (Wildman–Crippen MR) is 94.1 cm³/mol. The van der Waals surface area contributed by atoms with Crippen molar-refractivity contribution in [1.82, 2.24) is 0 Å². The fourth-order valence-electron chi connectivity index (χ4n) is 2.63. The summed E-state index contributed by atoms with van der Waals surface area (Å²) in [6.45, 7) is 0.864. The van der Waals surface area contributed by atoms with Crippen LogP contribution in [0.3, 0.4) is 0 Å². The molecule has 0 aromatic heterocycles. The third-order valence-corrected chi connectivity index (χ3v) is 3.87. The van der Waals surface area contributed by atoms with Crippen LogP contribution >= 0.6 is 0 Å². The zero-order chi connectivity index (χ0) is 15.0. The third kappa shape index (κ3) is 3.98. The smallest absolute Gasteiger partial charge is 0.0400 e. The topological polar surface area (TPSA) is 12.0 Å². The van der Waals surface area contributed by atoms with E-state index in [0.29, 0.717) is 0 Å². The first-order valence-corrected chi connectivity index (χ1v) is 7.81. The van der Waals surface area contributed by atoms with Crippen molar-refractivity contribution in [2.75, 3.05) is 5.32 Å². The van der Waals surface area contributed by atoms with Gasteiger partial charge in [-0.1, -0.05) is 78.9 Å². The van der Waals surface area contributed by atoms with Gasteiger partial charge in [0.15, 0.2) is 0 Å². The highest BCUT2D eigenvalue weighted by molar-refractivity contribution is 5.51. The molecule has 0 fully saturated rings. The highest BCUT2D eigenvalue weighted by atomic mass is 14.9. The molecule has 0 saturated heterocycles. The number of hydrogen-bond donors (Lipinski definition) is 1. The van der Waals surface area contributed by atoms with E-state index in [1.165, 1.54) is 22.4 Å². The lowest BCUT2D eigenvalue weighted by Crippen LogP contribution is -2.03. The lowest BCUT2D eigenvalue weighted by Gasteiger charge is -2.12. The zero-order valence-corrected chi connectivity index (χ0v) is 12.7. The lowest BCUT2D eigenvalue weighted by molar-refractivity contribution is 0.956. The van der Waals surface area contributed by atoms with Gasteiger partial charge in [-0.05, 0) is 35.6 Å². The third-order valence-electron chi connectivity index (χ3n) is 3.87. The lowest BCUT2D eigenvalue weighted by atomic mass is 10.0. The summed E-state index contributed by atoms with van der Waals surface area (Å²) in [6.07, 6.45) is 2.13. The van der Waals surface area contributed by atoms with Crippen molar-refractivity contribution in [2.24, 2.45) is 0 Å². The summed E-state index contributed by atoms with van der Waals surface area (Å²) in [5.74, 6) is 0. The molecule has 22 heavy (non-hydrogen) atoms. The van der Waals surface area contributed by atoms with Crippen LogP contribution in [0, 0.1) is 0 Å². The van der Waals surface area contributed by atoms with Gasteiger partial charge in [-0.3, -0.25) is 0 Å². The fraction of sp³-hybridized carbons (Fsp3) is 0.143. The Morgan fingerprint density at radius 3 is 1.86 bits per heavy atom. The summed E-state index contributed by atoms with van der Waals surface area (Å²) < 4.78 is 0. The van der Waals surface area contributed by atoms with Crippen LogP contribution in [0.25, 0.3) is 0 Å². The van der Waals surface area contributed by atoms with Gasteiger partial charge in [-0.25, -0.2) is 0 Å². The first-order chi connectivity index (χ1) is 10.9. The number of aryl methyl sites for hydroxylation is 2. The molecular weight excluding hydrogens is 266 g/mol. The van der Waals surface area contributed by atoms with Gasteiger partial charge >= 0.3 is 0 Å². The Morgan fingerprint density at radius 2 is 1.14 bits per heavy atom. The summed E-state index contributed by atoms with van der Waals surface area (Å²) >= 11 is 0. The van der Waals surface area contributed by atoms with Gasteiger partial charge in [0.2, 0.25) is 0 Å². The maximum atomic E-state index is 3.57. The summed E-state index contributed by atoms with van der Waals surface area (Å²) in [6, 6.07) is 29.8. The molecule has 0 bridgehead atoms. The molecule has 0 aliphatic heterocycles. The molecule has 3 aromatic rings. The molecule has 0 saturated carbocycles. The minimum absolute atomic E-state index is 0.864. The number of para-hydroxylation sites is 1. The van der Waals surface area contributed by atoms with Crippen LogP contribution in [0.2, 0.25) is 0 Å². The standard InChI is InChI=1S/C21H21N/c1-3-9-18(10-4-1)15-16-20-13-7-8-14-21(20)22-17-19-11-5-2-6-12-19/h1-14,22H,15-17H2. The quantitative estimate of drug-likeness (QED) is 0.666. The fourth-order valence-corrected chi connectivity index (χ4v) is 2.63. The predicted octanol–water partition coefficient (Wildman–Crippen LogP) is 5.08. The second-order valence-electron chi connectivity index (χ2n) is 5.48. The van der Waals surface area contributed by atoms with Crippen molar-refractivity contribution in [2.45, 2.75) is 19.4 Å². The molecule has 0 radical (unpaired) electrons. The van der Waals surface area contributed by atoms with Crippen molar-refractivity contribution >= 4 is 5.69 Å². The molecule has 3 aromatic carbocycles. The number of anilines is 1. The van der Waals surface area contributed by atoms with Crippen LogP contribution in [-0.4, -0.2) is 0 Å². The Hall–Kier alpha value is -2.54. The molecule has 1 N–H and O–H groups in total. The van der Waals surface area contributed by atoms with Crippen molar-refractivity contribution < 1.29 is 0 Å². The van der Waals surface area contributed by atoms with Crippen LogP contribution in [-0.2, 0) is 19.4 Å². The van der Waals surface area contributed by atoms with Crippen LogP contribution < -0.4 is 5.32 Å². The van der Waals surface area contributed by atoms with Crippen LogP contribution in [0.1, 0.15) is 16.7 Å². The Labute approximate surface area is 132 Å². The molecular formula is C21H21N. The molecule has 1 nitrogen and oxygen atoms in total. The Bertz CT molecular complexity index is 627. The van der Waals surface area contributed by atoms with E-state index < -0.39 is 0 Å². The number of hydrogen-bond acceptors (Lipinski definition) is 1. The summed E-state index contributed by atoms with van der Waals surface area (Å²) in [4.78, 5) is 0.